The summed E-state index contributed by atoms with van der Waals surface area (Å²) >= 11 is 0. The van der Waals surface area contributed by atoms with E-state index in [2.05, 4.69) is 32.4 Å². The summed E-state index contributed by atoms with van der Waals surface area (Å²) < 4.78 is 0. The molecule has 3 aromatic rings. The number of para-hydroxylation sites is 1. The minimum Gasteiger partial charge on any atom is -0.346 e. The molecule has 3 rings (SSSR count). The van der Waals surface area contributed by atoms with Gasteiger partial charge in [0.2, 0.25) is 0 Å². The number of quaternary nitrogens is 1. The number of aryl methyl sites for hydroxylation is 1. The van der Waals surface area contributed by atoms with Crippen molar-refractivity contribution in [1.82, 2.24) is 10.3 Å². The van der Waals surface area contributed by atoms with Crippen molar-refractivity contribution in [2.75, 3.05) is 27.2 Å². The summed E-state index contributed by atoms with van der Waals surface area (Å²) in [5.41, 5.74) is 4.55. The standard InChI is InChI=1S/C21H23N3O/c1-15-8-4-5-9-16(15)20-14-18(21(25)22-12-13-24(2)3)17-10-6-7-11-19(17)23-20/h4-11,14H,12-13H2,1-3H3,(H,22,25)/p+1. The molecule has 0 saturated heterocycles. The highest BCUT2D eigenvalue weighted by Gasteiger charge is 2.14. The van der Waals surface area contributed by atoms with Gasteiger partial charge in [0.25, 0.3) is 5.91 Å². The van der Waals surface area contributed by atoms with Gasteiger partial charge in [-0.1, -0.05) is 42.5 Å². The Hall–Kier alpha value is -2.72. The number of benzene rings is 2. The van der Waals surface area contributed by atoms with E-state index in [-0.39, 0.29) is 5.91 Å². The molecule has 4 heteroatoms. The zero-order valence-electron chi connectivity index (χ0n) is 15.0. The number of nitrogens with zero attached hydrogens (tertiary/aromatic N) is 1. The van der Waals surface area contributed by atoms with Gasteiger partial charge in [-0.05, 0) is 24.6 Å². The monoisotopic (exact) mass is 334 g/mol. The first-order valence-electron chi connectivity index (χ1n) is 8.59. The molecule has 2 aromatic carbocycles. The third kappa shape index (κ3) is 3.86. The van der Waals surface area contributed by atoms with Gasteiger partial charge in [-0.3, -0.25) is 4.79 Å². The fraction of sp³-hybridized carbons (Fsp3) is 0.238. The first-order chi connectivity index (χ1) is 12.1. The van der Waals surface area contributed by atoms with Crippen LogP contribution in [-0.4, -0.2) is 38.1 Å². The maximum absolute atomic E-state index is 12.8. The number of amides is 1. The molecule has 0 atom stereocenters. The van der Waals surface area contributed by atoms with Crippen LogP contribution >= 0.6 is 0 Å². The van der Waals surface area contributed by atoms with Gasteiger partial charge in [-0.25, -0.2) is 4.98 Å². The molecule has 0 aliphatic rings. The van der Waals surface area contributed by atoms with E-state index in [1.807, 2.05) is 48.5 Å². The van der Waals surface area contributed by atoms with Crippen molar-refractivity contribution in [2.45, 2.75) is 6.92 Å². The zero-order chi connectivity index (χ0) is 17.8. The van der Waals surface area contributed by atoms with Crippen molar-refractivity contribution in [3.05, 3.63) is 65.7 Å². The molecule has 1 heterocycles. The lowest BCUT2D eigenvalue weighted by molar-refractivity contribution is -0.856. The summed E-state index contributed by atoms with van der Waals surface area (Å²) in [7, 11) is 4.15. The van der Waals surface area contributed by atoms with Crippen LogP contribution in [0.1, 0.15) is 15.9 Å². The minimum atomic E-state index is -0.0466. The van der Waals surface area contributed by atoms with Crippen LogP contribution in [0.15, 0.2) is 54.6 Å². The van der Waals surface area contributed by atoms with E-state index in [1.165, 1.54) is 4.90 Å². The first kappa shape index (κ1) is 17.1. The van der Waals surface area contributed by atoms with Gasteiger partial charge in [-0.2, -0.15) is 0 Å². The number of nitrogens with one attached hydrogen (secondary N) is 2. The topological polar surface area (TPSA) is 46.4 Å². The Morgan fingerprint density at radius 1 is 1.08 bits per heavy atom. The van der Waals surface area contributed by atoms with Crippen LogP contribution in [0.4, 0.5) is 0 Å². The summed E-state index contributed by atoms with van der Waals surface area (Å²) in [6.07, 6.45) is 0. The number of fused-ring (bicyclic) bond motifs is 1. The molecule has 128 valence electrons. The number of rotatable bonds is 5. The lowest BCUT2D eigenvalue weighted by Gasteiger charge is -2.12. The van der Waals surface area contributed by atoms with Crippen molar-refractivity contribution in [1.29, 1.82) is 0 Å². The van der Waals surface area contributed by atoms with Crippen LogP contribution in [0.5, 0.6) is 0 Å². The average molecular weight is 334 g/mol. The average Bonchev–Trinajstić information content (AvgIpc) is 2.60. The molecule has 25 heavy (non-hydrogen) atoms. The second kappa shape index (κ2) is 7.45. The third-order valence-corrected chi connectivity index (χ3v) is 4.29. The lowest BCUT2D eigenvalue weighted by Crippen LogP contribution is -3.06. The number of hydrogen-bond acceptors (Lipinski definition) is 2. The lowest BCUT2D eigenvalue weighted by atomic mass is 10.0. The fourth-order valence-electron chi connectivity index (χ4n) is 2.88. The van der Waals surface area contributed by atoms with Crippen molar-refractivity contribution in [3.8, 4) is 11.3 Å². The van der Waals surface area contributed by atoms with Gasteiger partial charge in [0, 0.05) is 10.9 Å². The van der Waals surface area contributed by atoms with Gasteiger partial charge in [-0.15, -0.1) is 0 Å². The number of aromatic nitrogens is 1. The van der Waals surface area contributed by atoms with E-state index in [0.29, 0.717) is 12.1 Å². The Labute approximate surface area is 148 Å². The summed E-state index contributed by atoms with van der Waals surface area (Å²) in [6.45, 7) is 3.60. The van der Waals surface area contributed by atoms with E-state index in [4.69, 9.17) is 4.98 Å². The van der Waals surface area contributed by atoms with Crippen molar-refractivity contribution < 1.29 is 9.69 Å². The molecule has 2 N–H and O–H groups in total. The largest absolute Gasteiger partial charge is 0.346 e. The van der Waals surface area contributed by atoms with Crippen LogP contribution in [0.2, 0.25) is 0 Å². The third-order valence-electron chi connectivity index (χ3n) is 4.29. The Morgan fingerprint density at radius 3 is 2.56 bits per heavy atom. The number of pyridine rings is 1. The Balaban J connectivity index is 2.04. The van der Waals surface area contributed by atoms with E-state index < -0.39 is 0 Å². The summed E-state index contributed by atoms with van der Waals surface area (Å²) in [4.78, 5) is 18.8. The molecule has 0 aliphatic carbocycles. The molecule has 0 radical (unpaired) electrons. The van der Waals surface area contributed by atoms with Crippen LogP contribution in [0.3, 0.4) is 0 Å². The second-order valence-corrected chi connectivity index (χ2v) is 6.60. The molecule has 0 aliphatic heterocycles. The Morgan fingerprint density at radius 2 is 1.80 bits per heavy atom. The summed E-state index contributed by atoms with van der Waals surface area (Å²) in [6, 6.07) is 17.8. The van der Waals surface area contributed by atoms with Crippen LogP contribution in [-0.2, 0) is 0 Å². The summed E-state index contributed by atoms with van der Waals surface area (Å²) in [5, 5.41) is 3.91. The highest BCUT2D eigenvalue weighted by atomic mass is 16.1. The molecule has 0 saturated carbocycles. The Kier molecular flexibility index (Phi) is 5.10. The number of hydrogen-bond donors (Lipinski definition) is 2. The van der Waals surface area contributed by atoms with Gasteiger partial charge < -0.3 is 10.2 Å². The number of carbonyl (C=O) groups is 1. The van der Waals surface area contributed by atoms with E-state index in [0.717, 1.165) is 34.3 Å². The van der Waals surface area contributed by atoms with E-state index >= 15 is 0 Å². The van der Waals surface area contributed by atoms with Crippen LogP contribution in [0, 0.1) is 6.92 Å². The van der Waals surface area contributed by atoms with Gasteiger partial charge >= 0.3 is 0 Å². The van der Waals surface area contributed by atoms with Crippen LogP contribution in [0.25, 0.3) is 22.2 Å². The highest BCUT2D eigenvalue weighted by Crippen LogP contribution is 2.26. The first-order valence-corrected chi connectivity index (χ1v) is 8.59. The predicted octanol–water partition coefficient (Wildman–Crippen LogP) is 2.08. The van der Waals surface area contributed by atoms with E-state index in [1.54, 1.807) is 0 Å². The second-order valence-electron chi connectivity index (χ2n) is 6.60. The summed E-state index contributed by atoms with van der Waals surface area (Å²) in [5.74, 6) is -0.0466. The highest BCUT2D eigenvalue weighted by molar-refractivity contribution is 6.07. The van der Waals surface area contributed by atoms with Crippen molar-refractivity contribution >= 4 is 16.8 Å². The molecular weight excluding hydrogens is 310 g/mol. The van der Waals surface area contributed by atoms with Gasteiger partial charge in [0.05, 0.1) is 44.0 Å². The van der Waals surface area contributed by atoms with Gasteiger partial charge in [0.1, 0.15) is 0 Å². The molecular formula is C21H24N3O+. The Bertz CT molecular complexity index is 903. The smallest absolute Gasteiger partial charge is 0.252 e. The maximum Gasteiger partial charge on any atom is 0.252 e. The molecule has 1 aromatic heterocycles. The molecule has 4 nitrogen and oxygen atoms in total. The minimum absolute atomic E-state index is 0.0466. The zero-order valence-corrected chi connectivity index (χ0v) is 15.0. The van der Waals surface area contributed by atoms with Crippen molar-refractivity contribution in [3.63, 3.8) is 0 Å². The maximum atomic E-state index is 12.8. The predicted molar refractivity (Wildman–Crippen MR) is 102 cm³/mol. The normalized spacial score (nSPS) is 11.0. The number of carbonyl (C=O) groups excluding carboxylic acids is 1. The molecule has 0 spiro atoms. The molecule has 1 amide bonds. The van der Waals surface area contributed by atoms with Gasteiger partial charge in [0.15, 0.2) is 0 Å². The quantitative estimate of drug-likeness (QED) is 0.750. The number of likely N-dealkylation sites (N-methyl/N-ethyl adjacent to an activating group) is 1. The van der Waals surface area contributed by atoms with Crippen molar-refractivity contribution in [2.24, 2.45) is 0 Å². The van der Waals surface area contributed by atoms with E-state index in [9.17, 15) is 4.79 Å². The molecule has 0 unspecified atom stereocenters. The molecule has 0 bridgehead atoms. The fourth-order valence-corrected chi connectivity index (χ4v) is 2.88. The van der Waals surface area contributed by atoms with Crippen LogP contribution < -0.4 is 10.2 Å². The molecule has 0 fully saturated rings. The SMILES string of the molecule is Cc1ccccc1-c1cc(C(=O)NCC[NH+](C)C)c2ccccc2n1.